The van der Waals surface area contributed by atoms with E-state index < -0.39 is 0 Å². The fraction of sp³-hybridized carbons (Fsp3) is 1.00. The second-order valence-electron chi connectivity index (χ2n) is 3.91. The largest absolute Gasteiger partial charge is 0.326 e. The van der Waals surface area contributed by atoms with E-state index in [1.807, 2.05) is 0 Å². The van der Waals surface area contributed by atoms with Gasteiger partial charge in [-0.15, -0.1) is 0 Å². The number of rotatable bonds is 0. The minimum atomic E-state index is 0.476. The lowest BCUT2D eigenvalue weighted by atomic mass is 9.89. The lowest BCUT2D eigenvalue weighted by molar-refractivity contribution is 0.0914. The maximum Gasteiger partial charge on any atom is 0.0247 e. The molecule has 0 aliphatic carbocycles. The fourth-order valence-electron chi connectivity index (χ4n) is 2.50. The molecule has 0 spiro atoms. The molecule has 2 fully saturated rings. The Labute approximate surface area is 68.7 Å². The summed E-state index contributed by atoms with van der Waals surface area (Å²) in [7, 11) is 0. The highest BCUT2D eigenvalue weighted by Crippen LogP contribution is 2.24. The SMILES string of the molecule is N[C@@H]1CCCN2CCCC[C@@H]12. The molecule has 0 unspecified atom stereocenters. The molecular formula is C9H18N2. The Morgan fingerprint density at radius 3 is 2.64 bits per heavy atom. The first-order valence-corrected chi connectivity index (χ1v) is 4.87. The lowest BCUT2D eigenvalue weighted by Crippen LogP contribution is -2.53. The highest BCUT2D eigenvalue weighted by atomic mass is 15.2. The molecule has 0 saturated carbocycles. The number of fused-ring (bicyclic) bond motifs is 1. The second kappa shape index (κ2) is 3.11. The quantitative estimate of drug-likeness (QED) is 0.563. The summed E-state index contributed by atoms with van der Waals surface area (Å²) in [5.41, 5.74) is 6.05. The van der Waals surface area contributed by atoms with E-state index in [4.69, 9.17) is 5.73 Å². The molecular weight excluding hydrogens is 136 g/mol. The van der Waals surface area contributed by atoms with Crippen LogP contribution in [0.1, 0.15) is 32.1 Å². The first-order chi connectivity index (χ1) is 5.38. The third-order valence-corrected chi connectivity index (χ3v) is 3.14. The zero-order valence-electron chi connectivity index (χ0n) is 7.13. The van der Waals surface area contributed by atoms with Gasteiger partial charge in [-0.1, -0.05) is 6.42 Å². The molecule has 11 heavy (non-hydrogen) atoms. The predicted molar refractivity (Wildman–Crippen MR) is 46.4 cm³/mol. The molecule has 2 aliphatic rings. The normalized spacial score (nSPS) is 40.1. The predicted octanol–water partition coefficient (Wildman–Crippen LogP) is 0.962. The highest BCUT2D eigenvalue weighted by Gasteiger charge is 2.30. The van der Waals surface area contributed by atoms with E-state index in [2.05, 4.69) is 4.90 Å². The third kappa shape index (κ3) is 1.42. The van der Waals surface area contributed by atoms with Crippen LogP contribution in [0, 0.1) is 0 Å². The molecule has 0 amide bonds. The number of nitrogens with two attached hydrogens (primary N) is 1. The van der Waals surface area contributed by atoms with Crippen molar-refractivity contribution < 1.29 is 0 Å². The summed E-state index contributed by atoms with van der Waals surface area (Å²) in [6.45, 7) is 2.61. The molecule has 2 saturated heterocycles. The number of piperidine rings is 2. The van der Waals surface area contributed by atoms with E-state index >= 15 is 0 Å². The van der Waals surface area contributed by atoms with Crippen LogP contribution in [0.4, 0.5) is 0 Å². The Bertz CT molecular complexity index is 134. The Morgan fingerprint density at radius 1 is 1.00 bits per heavy atom. The van der Waals surface area contributed by atoms with Gasteiger partial charge in [-0.25, -0.2) is 0 Å². The molecule has 0 aromatic heterocycles. The van der Waals surface area contributed by atoms with Gasteiger partial charge in [0.2, 0.25) is 0 Å². The van der Waals surface area contributed by atoms with Gasteiger partial charge in [-0.2, -0.15) is 0 Å². The Hall–Kier alpha value is -0.0800. The zero-order chi connectivity index (χ0) is 7.68. The Morgan fingerprint density at radius 2 is 1.82 bits per heavy atom. The fourth-order valence-corrected chi connectivity index (χ4v) is 2.50. The van der Waals surface area contributed by atoms with Crippen molar-refractivity contribution >= 4 is 0 Å². The van der Waals surface area contributed by atoms with Crippen LogP contribution < -0.4 is 5.73 Å². The summed E-state index contributed by atoms with van der Waals surface area (Å²) in [5, 5.41) is 0. The van der Waals surface area contributed by atoms with Crippen LogP contribution in [-0.4, -0.2) is 30.1 Å². The first-order valence-electron chi connectivity index (χ1n) is 4.87. The van der Waals surface area contributed by atoms with Crippen molar-refractivity contribution in [3.8, 4) is 0 Å². The molecule has 0 aromatic rings. The Balaban J connectivity index is 1.99. The maximum absolute atomic E-state index is 6.05. The summed E-state index contributed by atoms with van der Waals surface area (Å²) < 4.78 is 0. The lowest BCUT2D eigenvalue weighted by Gasteiger charge is -2.42. The first kappa shape index (κ1) is 7.56. The van der Waals surface area contributed by atoms with Crippen molar-refractivity contribution in [2.45, 2.75) is 44.2 Å². The van der Waals surface area contributed by atoms with Gasteiger partial charge in [0.1, 0.15) is 0 Å². The van der Waals surface area contributed by atoms with Crippen LogP contribution in [0.3, 0.4) is 0 Å². The minimum Gasteiger partial charge on any atom is -0.326 e. The van der Waals surface area contributed by atoms with Crippen LogP contribution in [0.5, 0.6) is 0 Å². The molecule has 2 N–H and O–H groups in total. The van der Waals surface area contributed by atoms with Crippen molar-refractivity contribution in [2.75, 3.05) is 13.1 Å². The standard InChI is InChI=1S/C9H18N2/c10-8-4-3-7-11-6-2-1-5-9(8)11/h8-9H,1-7,10H2/t8-,9+/m1/s1. The summed E-state index contributed by atoms with van der Waals surface area (Å²) in [5.74, 6) is 0. The van der Waals surface area contributed by atoms with Crippen LogP contribution in [0.25, 0.3) is 0 Å². The van der Waals surface area contributed by atoms with Crippen molar-refractivity contribution in [2.24, 2.45) is 5.73 Å². The third-order valence-electron chi connectivity index (χ3n) is 3.14. The average Bonchev–Trinajstić information content (AvgIpc) is 2.06. The molecule has 2 heterocycles. The van der Waals surface area contributed by atoms with Gasteiger partial charge in [-0.05, 0) is 38.8 Å². The number of nitrogens with zero attached hydrogens (tertiary/aromatic N) is 1. The summed E-state index contributed by atoms with van der Waals surface area (Å²) in [6, 6.07) is 1.21. The van der Waals surface area contributed by atoms with Crippen molar-refractivity contribution in [3.63, 3.8) is 0 Å². The molecule has 0 radical (unpaired) electrons. The highest BCUT2D eigenvalue weighted by molar-refractivity contribution is 4.89. The molecule has 2 atom stereocenters. The van der Waals surface area contributed by atoms with Crippen LogP contribution in [0.2, 0.25) is 0 Å². The van der Waals surface area contributed by atoms with E-state index in [1.54, 1.807) is 0 Å². The Kier molecular flexibility index (Phi) is 2.14. The zero-order valence-corrected chi connectivity index (χ0v) is 7.13. The summed E-state index contributed by atoms with van der Waals surface area (Å²) in [4.78, 5) is 2.59. The van der Waals surface area contributed by atoms with Gasteiger partial charge >= 0.3 is 0 Å². The average molecular weight is 154 g/mol. The minimum absolute atomic E-state index is 0.476. The summed E-state index contributed by atoms with van der Waals surface area (Å²) in [6.07, 6.45) is 6.71. The van der Waals surface area contributed by atoms with E-state index in [0.29, 0.717) is 6.04 Å². The smallest absolute Gasteiger partial charge is 0.0247 e. The molecule has 0 aromatic carbocycles. The van der Waals surface area contributed by atoms with Crippen LogP contribution in [-0.2, 0) is 0 Å². The molecule has 2 aliphatic heterocycles. The van der Waals surface area contributed by atoms with E-state index in [1.165, 1.54) is 45.2 Å². The van der Waals surface area contributed by atoms with E-state index in [9.17, 15) is 0 Å². The number of hydrogen-bond acceptors (Lipinski definition) is 2. The van der Waals surface area contributed by atoms with Gasteiger partial charge < -0.3 is 5.73 Å². The van der Waals surface area contributed by atoms with Crippen LogP contribution >= 0.6 is 0 Å². The van der Waals surface area contributed by atoms with Gasteiger partial charge in [0.15, 0.2) is 0 Å². The van der Waals surface area contributed by atoms with Gasteiger partial charge in [0.25, 0.3) is 0 Å². The molecule has 0 bridgehead atoms. The monoisotopic (exact) mass is 154 g/mol. The van der Waals surface area contributed by atoms with Crippen molar-refractivity contribution in [3.05, 3.63) is 0 Å². The number of hydrogen-bond donors (Lipinski definition) is 1. The molecule has 2 heteroatoms. The topological polar surface area (TPSA) is 29.3 Å². The maximum atomic E-state index is 6.05. The molecule has 64 valence electrons. The van der Waals surface area contributed by atoms with Crippen LogP contribution in [0.15, 0.2) is 0 Å². The van der Waals surface area contributed by atoms with Crippen molar-refractivity contribution in [1.82, 2.24) is 4.90 Å². The van der Waals surface area contributed by atoms with Gasteiger partial charge in [0.05, 0.1) is 0 Å². The van der Waals surface area contributed by atoms with E-state index in [0.717, 1.165) is 6.04 Å². The van der Waals surface area contributed by atoms with E-state index in [-0.39, 0.29) is 0 Å². The molecule has 2 nitrogen and oxygen atoms in total. The van der Waals surface area contributed by atoms with Gasteiger partial charge in [0, 0.05) is 12.1 Å². The van der Waals surface area contributed by atoms with Crippen molar-refractivity contribution in [1.29, 1.82) is 0 Å². The van der Waals surface area contributed by atoms with Gasteiger partial charge in [-0.3, -0.25) is 4.90 Å². The molecule has 2 rings (SSSR count). The second-order valence-corrected chi connectivity index (χ2v) is 3.91. The summed E-state index contributed by atoms with van der Waals surface area (Å²) >= 11 is 0.